The van der Waals surface area contributed by atoms with E-state index < -0.39 is 34.1 Å². The normalized spacial score (nSPS) is 21.3. The van der Waals surface area contributed by atoms with E-state index in [0.717, 1.165) is 12.8 Å². The molecule has 0 aromatic carbocycles. The first kappa shape index (κ1) is 20.0. The summed E-state index contributed by atoms with van der Waals surface area (Å²) in [6, 6.07) is -1.79. The first-order valence-electron chi connectivity index (χ1n) is 8.61. The third kappa shape index (κ3) is 5.84. The second-order valence-corrected chi connectivity index (χ2v) is 8.77. The Morgan fingerprint density at radius 1 is 1.52 bits per heavy atom. The van der Waals surface area contributed by atoms with E-state index in [1.807, 2.05) is 6.92 Å². The Balaban J connectivity index is 1.88. The van der Waals surface area contributed by atoms with E-state index in [4.69, 9.17) is 10.6 Å². The number of hydrogen-bond donors (Lipinski definition) is 4. The van der Waals surface area contributed by atoms with Gasteiger partial charge in [0.1, 0.15) is 5.76 Å². The molecule has 1 saturated carbocycles. The van der Waals surface area contributed by atoms with E-state index in [2.05, 4.69) is 10.9 Å². The van der Waals surface area contributed by atoms with Crippen LogP contribution in [-0.4, -0.2) is 54.3 Å². The minimum Gasteiger partial charge on any atom is -0.392 e. The van der Waals surface area contributed by atoms with Crippen LogP contribution < -0.4 is 16.6 Å². The number of hydrazine groups is 1. The predicted octanol–water partition coefficient (Wildman–Crippen LogP) is -0.645. The maximum absolute atomic E-state index is 12.2. The molecule has 0 radical (unpaired) electrons. The molecule has 144 valence electrons. The van der Waals surface area contributed by atoms with Gasteiger partial charge in [0.2, 0.25) is 5.91 Å². The van der Waals surface area contributed by atoms with Gasteiger partial charge in [-0.2, -0.15) is 0 Å². The van der Waals surface area contributed by atoms with Crippen molar-refractivity contribution in [1.82, 2.24) is 15.9 Å². The average molecular weight is 376 g/mol. The van der Waals surface area contributed by atoms with E-state index in [9.17, 15) is 18.3 Å². The SMILES string of the molecule is CCC1=CN(C(O)[C@H](CC)NC(=O)C(N)CS(=O)(=O)CC2CC2)NO1. The van der Waals surface area contributed by atoms with Gasteiger partial charge in [-0.05, 0) is 25.2 Å². The van der Waals surface area contributed by atoms with E-state index in [1.165, 1.54) is 5.01 Å². The van der Waals surface area contributed by atoms with Gasteiger partial charge < -0.3 is 21.0 Å². The summed E-state index contributed by atoms with van der Waals surface area (Å²) in [6.45, 7) is 3.70. The fraction of sp³-hybridized carbons (Fsp3) is 0.800. The second kappa shape index (κ2) is 8.35. The van der Waals surface area contributed by atoms with E-state index in [1.54, 1.807) is 13.1 Å². The van der Waals surface area contributed by atoms with Crippen LogP contribution in [0.2, 0.25) is 0 Å². The molecule has 1 fully saturated rings. The lowest BCUT2D eigenvalue weighted by atomic mass is 10.1. The zero-order valence-electron chi connectivity index (χ0n) is 14.6. The number of carbonyl (C=O) groups is 1. The Morgan fingerprint density at radius 3 is 2.72 bits per heavy atom. The predicted molar refractivity (Wildman–Crippen MR) is 92.0 cm³/mol. The van der Waals surface area contributed by atoms with Crippen LogP contribution in [-0.2, 0) is 19.5 Å². The zero-order chi connectivity index (χ0) is 18.6. The molecule has 2 rings (SSSR count). The molecule has 5 N–H and O–H groups in total. The highest BCUT2D eigenvalue weighted by Crippen LogP contribution is 2.30. The van der Waals surface area contributed by atoms with Gasteiger partial charge in [0, 0.05) is 6.42 Å². The number of allylic oxidation sites excluding steroid dienone is 1. The summed E-state index contributed by atoms with van der Waals surface area (Å²) in [4.78, 5) is 17.4. The van der Waals surface area contributed by atoms with Crippen LogP contribution in [0.3, 0.4) is 0 Å². The van der Waals surface area contributed by atoms with Crippen LogP contribution in [0.1, 0.15) is 39.5 Å². The second-order valence-electron chi connectivity index (χ2n) is 6.61. The molecule has 2 unspecified atom stereocenters. The van der Waals surface area contributed by atoms with Gasteiger partial charge in [-0.25, -0.2) is 8.42 Å². The molecule has 25 heavy (non-hydrogen) atoms. The maximum atomic E-state index is 12.2. The largest absolute Gasteiger partial charge is 0.392 e. The van der Waals surface area contributed by atoms with Gasteiger partial charge in [0.15, 0.2) is 16.1 Å². The number of nitrogens with zero attached hydrogens (tertiary/aromatic N) is 1. The Hall–Kier alpha value is -1.36. The lowest BCUT2D eigenvalue weighted by molar-refractivity contribution is -0.127. The van der Waals surface area contributed by atoms with Gasteiger partial charge in [0.05, 0.1) is 29.8 Å². The first-order valence-corrected chi connectivity index (χ1v) is 10.4. The van der Waals surface area contributed by atoms with Crippen molar-refractivity contribution in [3.05, 3.63) is 12.0 Å². The number of aliphatic hydroxyl groups is 1. The molecule has 1 heterocycles. The summed E-state index contributed by atoms with van der Waals surface area (Å²) in [5.74, 6) is -0.0141. The molecule has 10 heteroatoms. The van der Waals surface area contributed by atoms with E-state index in [-0.39, 0.29) is 17.4 Å². The maximum Gasteiger partial charge on any atom is 0.238 e. The highest BCUT2D eigenvalue weighted by molar-refractivity contribution is 7.91. The number of nitrogens with two attached hydrogens (primary N) is 1. The van der Waals surface area contributed by atoms with Crippen molar-refractivity contribution in [3.8, 4) is 0 Å². The molecule has 2 aliphatic rings. The van der Waals surface area contributed by atoms with Crippen molar-refractivity contribution in [2.45, 2.75) is 57.8 Å². The minimum absolute atomic E-state index is 0.0907. The van der Waals surface area contributed by atoms with Gasteiger partial charge in [0.25, 0.3) is 0 Å². The number of nitrogens with one attached hydrogen (secondary N) is 2. The Labute approximate surface area is 148 Å². The molecule has 1 aliphatic heterocycles. The van der Waals surface area contributed by atoms with Crippen molar-refractivity contribution in [3.63, 3.8) is 0 Å². The standard InChI is InChI=1S/C15H28N4O5S/c1-3-11-7-19(18-24-11)15(21)13(4-2)17-14(20)12(16)9-25(22,23)8-10-5-6-10/h7,10,12-13,15,18,21H,3-6,8-9,16H2,1-2H3,(H,17,20)/t12?,13-,15?/m0/s1. The van der Waals surface area contributed by atoms with Gasteiger partial charge in [-0.15, -0.1) is 0 Å². The number of sulfone groups is 1. The highest BCUT2D eigenvalue weighted by atomic mass is 32.2. The molecule has 0 aromatic heterocycles. The smallest absolute Gasteiger partial charge is 0.238 e. The average Bonchev–Trinajstić information content (AvgIpc) is 3.22. The number of amides is 1. The molecule has 0 aromatic rings. The molecular weight excluding hydrogens is 348 g/mol. The molecular formula is C15H28N4O5S. The minimum atomic E-state index is -3.35. The molecule has 1 amide bonds. The summed E-state index contributed by atoms with van der Waals surface area (Å²) in [7, 11) is -3.35. The summed E-state index contributed by atoms with van der Waals surface area (Å²) in [5.41, 5.74) is 8.31. The van der Waals surface area contributed by atoms with Crippen molar-refractivity contribution in [2.75, 3.05) is 11.5 Å². The number of hydrogen-bond acceptors (Lipinski definition) is 8. The first-order chi connectivity index (χ1) is 11.8. The molecule has 0 bridgehead atoms. The van der Waals surface area contributed by atoms with Crippen molar-refractivity contribution >= 4 is 15.7 Å². The summed E-state index contributed by atoms with van der Waals surface area (Å²) < 4.78 is 24.0. The van der Waals surface area contributed by atoms with Crippen molar-refractivity contribution < 1.29 is 23.2 Å². The molecule has 3 atom stereocenters. The summed E-state index contributed by atoms with van der Waals surface area (Å²) in [5, 5.41) is 14.3. The lowest BCUT2D eigenvalue weighted by Gasteiger charge is -2.29. The third-order valence-electron chi connectivity index (χ3n) is 4.28. The van der Waals surface area contributed by atoms with Gasteiger partial charge in [-0.3, -0.25) is 9.80 Å². The number of carbonyl (C=O) groups excluding carboxylic acids is 1. The fourth-order valence-electron chi connectivity index (χ4n) is 2.54. The van der Waals surface area contributed by atoms with Crippen LogP contribution >= 0.6 is 0 Å². The Kier molecular flexibility index (Phi) is 6.66. The van der Waals surface area contributed by atoms with Crippen molar-refractivity contribution in [2.24, 2.45) is 11.7 Å². The van der Waals surface area contributed by atoms with Crippen LogP contribution in [0.5, 0.6) is 0 Å². The van der Waals surface area contributed by atoms with E-state index in [0.29, 0.717) is 18.6 Å². The van der Waals surface area contributed by atoms with Crippen LogP contribution in [0.4, 0.5) is 0 Å². The lowest BCUT2D eigenvalue weighted by Crippen LogP contribution is -2.56. The van der Waals surface area contributed by atoms with Gasteiger partial charge in [-0.1, -0.05) is 19.4 Å². The van der Waals surface area contributed by atoms with Crippen LogP contribution in [0, 0.1) is 5.92 Å². The van der Waals surface area contributed by atoms with Crippen molar-refractivity contribution in [1.29, 1.82) is 0 Å². The molecule has 0 spiro atoms. The summed E-state index contributed by atoms with van der Waals surface area (Å²) >= 11 is 0. The fourth-order valence-corrected chi connectivity index (χ4v) is 4.43. The van der Waals surface area contributed by atoms with Crippen LogP contribution in [0.25, 0.3) is 0 Å². The number of aliphatic hydroxyl groups excluding tert-OH is 1. The molecule has 0 saturated heterocycles. The Bertz CT molecular complexity index is 605. The quantitative estimate of drug-likeness (QED) is 0.395. The topological polar surface area (TPSA) is 134 Å². The Morgan fingerprint density at radius 2 is 2.20 bits per heavy atom. The third-order valence-corrected chi connectivity index (χ3v) is 6.13. The van der Waals surface area contributed by atoms with Crippen LogP contribution in [0.15, 0.2) is 12.0 Å². The number of rotatable bonds is 10. The summed E-state index contributed by atoms with van der Waals surface area (Å²) in [6.07, 6.45) is 3.46. The molecule has 9 nitrogen and oxygen atoms in total. The monoisotopic (exact) mass is 376 g/mol. The zero-order valence-corrected chi connectivity index (χ0v) is 15.5. The van der Waals surface area contributed by atoms with Gasteiger partial charge >= 0.3 is 0 Å². The molecule has 1 aliphatic carbocycles. The highest BCUT2D eigenvalue weighted by Gasteiger charge is 2.33. The van der Waals surface area contributed by atoms with E-state index >= 15 is 0 Å².